The maximum atomic E-state index is 12.6. The molecule has 3 rings (SSSR count). The van der Waals surface area contributed by atoms with Crippen LogP contribution in [0.1, 0.15) is 31.2 Å². The third kappa shape index (κ3) is 6.51. The summed E-state index contributed by atoms with van der Waals surface area (Å²) in [4.78, 5) is 16.9. The number of carbonyl (C=O) groups is 1. The Morgan fingerprint density at radius 3 is 2.43 bits per heavy atom. The van der Waals surface area contributed by atoms with Crippen molar-refractivity contribution in [3.63, 3.8) is 0 Å². The van der Waals surface area contributed by atoms with Crippen molar-refractivity contribution >= 4 is 15.9 Å². The van der Waals surface area contributed by atoms with Crippen molar-refractivity contribution in [2.45, 2.75) is 44.2 Å². The van der Waals surface area contributed by atoms with Crippen molar-refractivity contribution in [1.82, 2.24) is 14.1 Å². The molecule has 1 unspecified atom stereocenters. The van der Waals surface area contributed by atoms with Gasteiger partial charge in [-0.05, 0) is 31.2 Å². The van der Waals surface area contributed by atoms with E-state index in [4.69, 9.17) is 4.74 Å². The minimum atomic E-state index is -3.16. The maximum Gasteiger partial charge on any atom is 0.222 e. The van der Waals surface area contributed by atoms with Crippen LogP contribution in [0.3, 0.4) is 0 Å². The lowest BCUT2D eigenvalue weighted by Crippen LogP contribution is -2.50. The molecule has 0 aliphatic carbocycles. The van der Waals surface area contributed by atoms with Crippen LogP contribution in [0.4, 0.5) is 0 Å². The van der Waals surface area contributed by atoms with Crippen LogP contribution in [0, 0.1) is 0 Å². The number of aryl methyl sites for hydroxylation is 1. The molecule has 1 atom stereocenters. The first-order valence-electron chi connectivity index (χ1n) is 10.9. The molecule has 2 fully saturated rings. The molecule has 0 bridgehead atoms. The highest BCUT2D eigenvalue weighted by Gasteiger charge is 2.35. The summed E-state index contributed by atoms with van der Waals surface area (Å²) in [6.07, 6.45) is 5.30. The van der Waals surface area contributed by atoms with Crippen LogP contribution in [-0.2, 0) is 26.0 Å². The lowest BCUT2D eigenvalue weighted by molar-refractivity contribution is -0.130. The number of rotatable bonds is 9. The Labute approximate surface area is 181 Å². The first-order chi connectivity index (χ1) is 14.3. The summed E-state index contributed by atoms with van der Waals surface area (Å²) in [5.74, 6) is 0.148. The minimum absolute atomic E-state index is 0.148. The molecule has 0 spiro atoms. The van der Waals surface area contributed by atoms with Crippen molar-refractivity contribution in [2.24, 2.45) is 0 Å². The quantitative estimate of drug-likeness (QED) is 0.587. The van der Waals surface area contributed by atoms with E-state index in [0.29, 0.717) is 32.1 Å². The van der Waals surface area contributed by atoms with Gasteiger partial charge in [0.1, 0.15) is 0 Å². The third-order valence-electron chi connectivity index (χ3n) is 6.31. The standard InChI is InChI=1S/C22H35N3O4S/c1-23(22(26)9-8-19-6-4-3-5-7-19)14-15-25(20-11-16-29-17-12-20)21-10-13-24(18-21)30(2,27)28/h3-7,20-21H,8-18H2,1-2H3. The second-order valence-electron chi connectivity index (χ2n) is 8.45. The highest BCUT2D eigenvalue weighted by molar-refractivity contribution is 7.88. The normalized spacial score (nSPS) is 21.2. The molecule has 0 saturated carbocycles. The SMILES string of the molecule is CN(CCN(C1CCOCC1)C1CCN(S(C)(=O)=O)C1)C(=O)CCc1ccccc1. The fourth-order valence-electron chi connectivity index (χ4n) is 4.44. The van der Waals surface area contributed by atoms with E-state index in [2.05, 4.69) is 4.90 Å². The summed E-state index contributed by atoms with van der Waals surface area (Å²) in [5.41, 5.74) is 1.18. The molecule has 0 aromatic heterocycles. The van der Waals surface area contributed by atoms with E-state index in [-0.39, 0.29) is 11.9 Å². The largest absolute Gasteiger partial charge is 0.381 e. The number of nitrogens with zero attached hydrogens (tertiary/aromatic N) is 3. The molecular formula is C22H35N3O4S. The molecule has 30 heavy (non-hydrogen) atoms. The van der Waals surface area contributed by atoms with Crippen LogP contribution in [0.2, 0.25) is 0 Å². The van der Waals surface area contributed by atoms with Crippen LogP contribution in [0.15, 0.2) is 30.3 Å². The number of hydrogen-bond donors (Lipinski definition) is 0. The van der Waals surface area contributed by atoms with Gasteiger partial charge in [-0.1, -0.05) is 30.3 Å². The summed E-state index contributed by atoms with van der Waals surface area (Å²) in [6.45, 7) is 4.03. The Hall–Kier alpha value is -1.48. The molecule has 2 aliphatic rings. The smallest absolute Gasteiger partial charge is 0.222 e. The predicted molar refractivity (Wildman–Crippen MR) is 118 cm³/mol. The molecule has 2 aliphatic heterocycles. The van der Waals surface area contributed by atoms with Gasteiger partial charge in [0.15, 0.2) is 0 Å². The van der Waals surface area contributed by atoms with E-state index in [9.17, 15) is 13.2 Å². The molecule has 7 nitrogen and oxygen atoms in total. The topological polar surface area (TPSA) is 70.2 Å². The van der Waals surface area contributed by atoms with Crippen molar-refractivity contribution in [2.75, 3.05) is 52.7 Å². The second kappa shape index (κ2) is 10.7. The Bertz CT molecular complexity index is 781. The van der Waals surface area contributed by atoms with Crippen molar-refractivity contribution in [1.29, 1.82) is 0 Å². The van der Waals surface area contributed by atoms with Crippen molar-refractivity contribution in [3.05, 3.63) is 35.9 Å². The Morgan fingerprint density at radius 1 is 1.10 bits per heavy atom. The molecule has 0 N–H and O–H groups in total. The van der Waals surface area contributed by atoms with Gasteiger partial charge >= 0.3 is 0 Å². The van der Waals surface area contributed by atoms with Crippen LogP contribution >= 0.6 is 0 Å². The van der Waals surface area contributed by atoms with Gasteiger partial charge in [-0.2, -0.15) is 0 Å². The maximum absolute atomic E-state index is 12.6. The number of amides is 1. The van der Waals surface area contributed by atoms with Crippen molar-refractivity contribution < 1.29 is 17.9 Å². The van der Waals surface area contributed by atoms with Gasteiger partial charge in [0, 0.05) is 64.9 Å². The predicted octanol–water partition coefficient (Wildman–Crippen LogP) is 1.59. The summed E-state index contributed by atoms with van der Waals surface area (Å²) >= 11 is 0. The van der Waals surface area contributed by atoms with Gasteiger partial charge in [-0.3, -0.25) is 9.69 Å². The lowest BCUT2D eigenvalue weighted by atomic mass is 10.0. The molecule has 1 amide bonds. The Morgan fingerprint density at radius 2 is 1.80 bits per heavy atom. The van der Waals surface area contributed by atoms with E-state index in [1.165, 1.54) is 11.8 Å². The fourth-order valence-corrected chi connectivity index (χ4v) is 5.32. The lowest BCUT2D eigenvalue weighted by Gasteiger charge is -2.39. The third-order valence-corrected chi connectivity index (χ3v) is 7.58. The van der Waals surface area contributed by atoms with Crippen LogP contribution in [0.25, 0.3) is 0 Å². The summed E-state index contributed by atoms with van der Waals surface area (Å²) in [6, 6.07) is 10.7. The average Bonchev–Trinajstić information content (AvgIpc) is 3.24. The zero-order valence-corrected chi connectivity index (χ0v) is 19.0. The molecule has 1 aromatic carbocycles. The molecule has 168 valence electrons. The Kier molecular flexibility index (Phi) is 8.27. The monoisotopic (exact) mass is 437 g/mol. The number of sulfonamides is 1. The van der Waals surface area contributed by atoms with E-state index >= 15 is 0 Å². The molecule has 2 saturated heterocycles. The molecule has 1 aromatic rings. The zero-order chi connectivity index (χ0) is 21.6. The van der Waals surface area contributed by atoms with Gasteiger partial charge < -0.3 is 9.64 Å². The van der Waals surface area contributed by atoms with Gasteiger partial charge in [-0.25, -0.2) is 12.7 Å². The fraction of sp³-hybridized carbons (Fsp3) is 0.682. The van der Waals surface area contributed by atoms with Crippen LogP contribution < -0.4 is 0 Å². The van der Waals surface area contributed by atoms with Crippen LogP contribution in [0.5, 0.6) is 0 Å². The summed E-state index contributed by atoms with van der Waals surface area (Å²) in [5, 5.41) is 0. The first-order valence-corrected chi connectivity index (χ1v) is 12.8. The molecular weight excluding hydrogens is 402 g/mol. The minimum Gasteiger partial charge on any atom is -0.381 e. The first kappa shape index (κ1) is 23.2. The van der Waals surface area contributed by atoms with E-state index < -0.39 is 10.0 Å². The van der Waals surface area contributed by atoms with Gasteiger partial charge in [-0.15, -0.1) is 0 Å². The van der Waals surface area contributed by atoms with Crippen LogP contribution in [-0.4, -0.2) is 93.2 Å². The average molecular weight is 438 g/mol. The van der Waals surface area contributed by atoms with E-state index in [0.717, 1.165) is 45.4 Å². The van der Waals surface area contributed by atoms with E-state index in [1.807, 2.05) is 42.3 Å². The molecule has 2 heterocycles. The van der Waals surface area contributed by atoms with Gasteiger partial charge in [0.25, 0.3) is 0 Å². The van der Waals surface area contributed by atoms with E-state index in [1.54, 1.807) is 4.31 Å². The van der Waals surface area contributed by atoms with Gasteiger partial charge in [0.05, 0.1) is 6.26 Å². The van der Waals surface area contributed by atoms with Gasteiger partial charge in [0.2, 0.25) is 15.9 Å². The number of likely N-dealkylation sites (N-methyl/N-ethyl adjacent to an activating group) is 1. The number of hydrogen-bond acceptors (Lipinski definition) is 5. The number of ether oxygens (including phenoxy) is 1. The highest BCUT2D eigenvalue weighted by Crippen LogP contribution is 2.24. The van der Waals surface area contributed by atoms with Crippen molar-refractivity contribution in [3.8, 4) is 0 Å². The number of benzene rings is 1. The second-order valence-corrected chi connectivity index (χ2v) is 10.4. The highest BCUT2D eigenvalue weighted by atomic mass is 32.2. The zero-order valence-electron chi connectivity index (χ0n) is 18.2. The summed E-state index contributed by atoms with van der Waals surface area (Å²) in [7, 11) is -1.29. The molecule has 0 radical (unpaired) electrons. The Balaban J connectivity index is 1.55. The summed E-state index contributed by atoms with van der Waals surface area (Å²) < 4.78 is 31.0. The number of carbonyl (C=O) groups excluding carboxylic acids is 1. The molecule has 8 heteroatoms.